The second kappa shape index (κ2) is 18.9. The number of amides is 3. The minimum absolute atomic E-state index is 0.00660. The molecule has 8 nitrogen and oxygen atoms in total. The molecule has 2 N–H and O–H groups in total. The number of para-hydroxylation sites is 1. The average Bonchev–Trinajstić information content (AvgIpc) is 2.97. The fourth-order valence-corrected chi connectivity index (χ4v) is 4.76. The van der Waals surface area contributed by atoms with Gasteiger partial charge in [-0.3, -0.25) is 9.69 Å². The van der Waals surface area contributed by atoms with Gasteiger partial charge in [0, 0.05) is 32.2 Å². The highest BCUT2D eigenvalue weighted by Crippen LogP contribution is 2.26. The van der Waals surface area contributed by atoms with E-state index in [1.165, 1.54) is 5.56 Å². The maximum atomic E-state index is 13.1. The zero-order valence-corrected chi connectivity index (χ0v) is 27.2. The van der Waals surface area contributed by atoms with Gasteiger partial charge in [-0.25, -0.2) is 9.59 Å². The molecule has 0 spiro atoms. The van der Waals surface area contributed by atoms with Gasteiger partial charge in [-0.05, 0) is 88.1 Å². The third-order valence-electron chi connectivity index (χ3n) is 7.11. The van der Waals surface area contributed by atoms with Gasteiger partial charge in [0.25, 0.3) is 0 Å². The number of nitrogens with one attached hydrogen (secondary N) is 2. The number of carbonyl (C=O) groups is 3. The van der Waals surface area contributed by atoms with E-state index in [-0.39, 0.29) is 12.0 Å². The van der Waals surface area contributed by atoms with Crippen LogP contribution in [0, 0.1) is 0 Å². The van der Waals surface area contributed by atoms with Gasteiger partial charge in [-0.1, -0.05) is 69.9 Å². The van der Waals surface area contributed by atoms with Crippen molar-refractivity contribution in [1.82, 2.24) is 10.6 Å². The monoisotopic (exact) mass is 595 g/mol. The summed E-state index contributed by atoms with van der Waals surface area (Å²) < 4.78 is 11.1. The molecule has 43 heavy (non-hydrogen) atoms. The summed E-state index contributed by atoms with van der Waals surface area (Å²) in [5.41, 5.74) is 3.76. The van der Waals surface area contributed by atoms with Gasteiger partial charge in [0.1, 0.15) is 11.4 Å². The molecule has 2 aromatic rings. The number of rotatable bonds is 17. The minimum atomic E-state index is -0.542. The van der Waals surface area contributed by atoms with Crippen LogP contribution < -0.4 is 20.3 Å². The lowest BCUT2D eigenvalue weighted by Crippen LogP contribution is -2.37. The molecule has 2 aromatic carbocycles. The Morgan fingerprint density at radius 2 is 1.51 bits per heavy atom. The maximum absolute atomic E-state index is 13.1. The summed E-state index contributed by atoms with van der Waals surface area (Å²) in [5, 5.41) is 5.47. The van der Waals surface area contributed by atoms with Crippen LogP contribution in [0.4, 0.5) is 15.3 Å². The topological polar surface area (TPSA) is 97.0 Å². The summed E-state index contributed by atoms with van der Waals surface area (Å²) in [6.45, 7) is 10.4. The molecule has 2 rings (SSSR count). The van der Waals surface area contributed by atoms with Crippen molar-refractivity contribution >= 4 is 23.8 Å². The molecule has 0 bridgehead atoms. The number of anilines is 1. The second-order valence-electron chi connectivity index (χ2n) is 12.0. The van der Waals surface area contributed by atoms with Crippen molar-refractivity contribution in [3.8, 4) is 5.75 Å². The van der Waals surface area contributed by atoms with E-state index in [1.807, 2.05) is 51.1 Å². The SMILES string of the molecule is CCCCc1ccc(OC(=O)N(C)c2ccccc2CC)c(CCCCCCCC(=O)NCCNC(=O)OC(C)(C)C)c1. The fraction of sp³-hybridized carbons (Fsp3) is 0.571. The van der Waals surface area contributed by atoms with Crippen LogP contribution in [0.5, 0.6) is 5.75 Å². The zero-order valence-electron chi connectivity index (χ0n) is 27.2. The van der Waals surface area contributed by atoms with Crippen LogP contribution in [0.3, 0.4) is 0 Å². The predicted molar refractivity (Wildman–Crippen MR) is 174 cm³/mol. The van der Waals surface area contributed by atoms with Crippen LogP contribution in [0.25, 0.3) is 0 Å². The maximum Gasteiger partial charge on any atom is 0.419 e. The van der Waals surface area contributed by atoms with Crippen molar-refractivity contribution in [2.75, 3.05) is 25.0 Å². The summed E-state index contributed by atoms with van der Waals surface area (Å²) in [6, 6.07) is 14.1. The number of ether oxygens (including phenoxy) is 2. The van der Waals surface area contributed by atoms with Crippen LogP contribution in [-0.4, -0.2) is 43.8 Å². The average molecular weight is 596 g/mol. The highest BCUT2D eigenvalue weighted by atomic mass is 16.6. The predicted octanol–water partition coefficient (Wildman–Crippen LogP) is 7.75. The number of nitrogens with zero attached hydrogens (tertiary/aromatic N) is 1. The normalized spacial score (nSPS) is 11.1. The molecule has 0 fully saturated rings. The van der Waals surface area contributed by atoms with E-state index in [0.717, 1.165) is 81.0 Å². The lowest BCUT2D eigenvalue weighted by molar-refractivity contribution is -0.121. The van der Waals surface area contributed by atoms with E-state index >= 15 is 0 Å². The summed E-state index contributed by atoms with van der Waals surface area (Å²) in [4.78, 5) is 38.4. The lowest BCUT2D eigenvalue weighted by atomic mass is 10.00. The van der Waals surface area contributed by atoms with E-state index in [1.54, 1.807) is 11.9 Å². The second-order valence-corrected chi connectivity index (χ2v) is 12.0. The van der Waals surface area contributed by atoms with E-state index in [2.05, 4.69) is 36.6 Å². The van der Waals surface area contributed by atoms with Crippen LogP contribution in [0.2, 0.25) is 0 Å². The largest absolute Gasteiger partial charge is 0.444 e. The quantitative estimate of drug-likeness (QED) is 0.182. The summed E-state index contributed by atoms with van der Waals surface area (Å²) in [5.74, 6) is 0.622. The number of benzene rings is 2. The lowest BCUT2D eigenvalue weighted by Gasteiger charge is -2.21. The van der Waals surface area contributed by atoms with Gasteiger partial charge in [0.05, 0.1) is 0 Å². The van der Waals surface area contributed by atoms with E-state index < -0.39 is 11.7 Å². The van der Waals surface area contributed by atoms with E-state index in [9.17, 15) is 14.4 Å². The molecule has 0 aliphatic rings. The van der Waals surface area contributed by atoms with E-state index in [4.69, 9.17) is 9.47 Å². The molecule has 0 radical (unpaired) electrons. The van der Waals surface area contributed by atoms with Gasteiger partial charge < -0.3 is 20.1 Å². The zero-order chi connectivity index (χ0) is 31.7. The molecule has 3 amide bonds. The highest BCUT2D eigenvalue weighted by molar-refractivity contribution is 5.89. The summed E-state index contributed by atoms with van der Waals surface area (Å²) >= 11 is 0. The van der Waals surface area contributed by atoms with Crippen molar-refractivity contribution < 1.29 is 23.9 Å². The molecular formula is C35H53N3O5. The smallest absolute Gasteiger partial charge is 0.419 e. The number of aryl methyl sites for hydroxylation is 3. The van der Waals surface area contributed by atoms with Crippen LogP contribution in [0.15, 0.2) is 42.5 Å². The number of alkyl carbamates (subject to hydrolysis) is 1. The molecule has 0 aromatic heterocycles. The first kappa shape index (κ1) is 35.6. The van der Waals surface area contributed by atoms with Gasteiger partial charge in [-0.15, -0.1) is 0 Å². The Kier molecular flexibility index (Phi) is 15.6. The number of carbonyl (C=O) groups excluding carboxylic acids is 3. The minimum Gasteiger partial charge on any atom is -0.444 e. The van der Waals surface area contributed by atoms with Crippen LogP contribution >= 0.6 is 0 Å². The van der Waals surface area contributed by atoms with E-state index in [0.29, 0.717) is 25.3 Å². The van der Waals surface area contributed by atoms with Crippen molar-refractivity contribution in [3.05, 3.63) is 59.2 Å². The Morgan fingerprint density at radius 1 is 0.814 bits per heavy atom. The van der Waals surface area contributed by atoms with Crippen molar-refractivity contribution in [3.63, 3.8) is 0 Å². The van der Waals surface area contributed by atoms with Crippen molar-refractivity contribution in [1.29, 1.82) is 0 Å². The van der Waals surface area contributed by atoms with Gasteiger partial charge in [0.15, 0.2) is 0 Å². The summed E-state index contributed by atoms with van der Waals surface area (Å²) in [7, 11) is 1.76. The molecule has 0 saturated carbocycles. The Morgan fingerprint density at radius 3 is 2.23 bits per heavy atom. The molecule has 238 valence electrons. The van der Waals surface area contributed by atoms with Crippen molar-refractivity contribution in [2.45, 2.75) is 111 Å². The number of hydrogen-bond donors (Lipinski definition) is 2. The molecule has 0 saturated heterocycles. The van der Waals surface area contributed by atoms with Crippen molar-refractivity contribution in [2.24, 2.45) is 0 Å². The first-order valence-corrected chi connectivity index (χ1v) is 15.9. The number of hydrogen-bond acceptors (Lipinski definition) is 5. The molecular weight excluding hydrogens is 542 g/mol. The van der Waals surface area contributed by atoms with Gasteiger partial charge in [0.2, 0.25) is 5.91 Å². The summed E-state index contributed by atoms with van der Waals surface area (Å²) in [6.07, 6.45) is 9.42. The first-order chi connectivity index (χ1) is 20.5. The van der Waals surface area contributed by atoms with Crippen LogP contribution in [0.1, 0.15) is 103 Å². The third kappa shape index (κ3) is 14.0. The van der Waals surface area contributed by atoms with Gasteiger partial charge >= 0.3 is 12.2 Å². The molecule has 0 heterocycles. The third-order valence-corrected chi connectivity index (χ3v) is 7.11. The first-order valence-electron chi connectivity index (χ1n) is 15.9. The Balaban J connectivity index is 1.78. The van der Waals surface area contributed by atoms with Gasteiger partial charge in [-0.2, -0.15) is 0 Å². The molecule has 8 heteroatoms. The standard InChI is InChI=1S/C35H53N3O5/c1-7-9-17-27-22-23-31(42-34(41)38(6)30-20-16-15-18-28(30)8-2)29(26-27)19-13-11-10-12-14-21-32(39)36-24-25-37-33(40)43-35(3,4)5/h15-16,18,20,22-23,26H,7-14,17,19,21,24-25H2,1-6H3,(H,36,39)(H,37,40). The molecule has 0 atom stereocenters. The molecule has 0 aliphatic carbocycles. The highest BCUT2D eigenvalue weighted by Gasteiger charge is 2.18. The molecule has 0 unspecified atom stereocenters. The Hall–Kier alpha value is -3.55. The van der Waals surface area contributed by atoms with Crippen LogP contribution in [-0.2, 0) is 28.8 Å². The Bertz CT molecular complexity index is 1160. The fourth-order valence-electron chi connectivity index (χ4n) is 4.76. The number of unbranched alkanes of at least 4 members (excludes halogenated alkanes) is 5. The molecule has 0 aliphatic heterocycles. The Labute approximate surface area is 258 Å².